The van der Waals surface area contributed by atoms with Crippen LogP contribution < -0.4 is 10.1 Å². The molecule has 0 radical (unpaired) electrons. The van der Waals surface area contributed by atoms with Crippen molar-refractivity contribution in [2.24, 2.45) is 0 Å². The number of ether oxygens (including phenoxy) is 1. The zero-order chi connectivity index (χ0) is 27.6. The number of aromatic nitrogens is 3. The van der Waals surface area contributed by atoms with Crippen molar-refractivity contribution in [2.45, 2.75) is 69.8 Å². The number of hydrogen-bond acceptors (Lipinski definition) is 5. The van der Waals surface area contributed by atoms with Gasteiger partial charge in [0.1, 0.15) is 17.0 Å². The zero-order valence-corrected chi connectivity index (χ0v) is 21.9. The molecule has 7 nitrogen and oxygen atoms in total. The molecule has 0 saturated heterocycles. The second-order valence-corrected chi connectivity index (χ2v) is 10.7. The summed E-state index contributed by atoms with van der Waals surface area (Å²) in [6, 6.07) is 8.60. The first-order chi connectivity index (χ1) is 18.6. The lowest BCUT2D eigenvalue weighted by atomic mass is 9.81. The van der Waals surface area contributed by atoms with Crippen molar-refractivity contribution in [2.75, 3.05) is 26.2 Å². The molecule has 1 aliphatic carbocycles. The Kier molecular flexibility index (Phi) is 7.80. The van der Waals surface area contributed by atoms with E-state index in [4.69, 9.17) is 4.74 Å². The van der Waals surface area contributed by atoms with Gasteiger partial charge in [0.15, 0.2) is 6.61 Å². The summed E-state index contributed by atoms with van der Waals surface area (Å²) >= 11 is 0. The van der Waals surface area contributed by atoms with E-state index in [0.717, 1.165) is 23.5 Å². The summed E-state index contributed by atoms with van der Waals surface area (Å²) in [4.78, 5) is 23.8. The number of amides is 1. The number of imidazole rings is 1. The number of nitrogens with one attached hydrogen (secondary N) is 1. The molecule has 1 fully saturated rings. The van der Waals surface area contributed by atoms with Gasteiger partial charge in [0, 0.05) is 50.1 Å². The molecular formula is C28H33F4N5O2. The number of pyridine rings is 2. The van der Waals surface area contributed by atoms with E-state index in [1.807, 2.05) is 25.3 Å². The lowest BCUT2D eigenvalue weighted by molar-refractivity contribution is -0.154. The SMILES string of the molecule is Cc1cn2c(C(=O)N[C@H]3CC[C@](F)(CCN4CCc5ccc(OCC(F)(F)F)nc5CC4)CC3)cccc2n1. The molecule has 1 amide bonds. The van der Waals surface area contributed by atoms with Gasteiger partial charge in [-0.2, -0.15) is 13.2 Å². The highest BCUT2D eigenvalue weighted by Gasteiger charge is 2.36. The number of alkyl halides is 4. The molecule has 1 aliphatic heterocycles. The maximum absolute atomic E-state index is 15.7. The van der Waals surface area contributed by atoms with Crippen LogP contribution in [0.1, 0.15) is 59.5 Å². The molecule has 39 heavy (non-hydrogen) atoms. The van der Waals surface area contributed by atoms with Crippen molar-refractivity contribution < 1.29 is 27.1 Å². The van der Waals surface area contributed by atoms with Crippen molar-refractivity contribution in [1.29, 1.82) is 0 Å². The summed E-state index contributed by atoms with van der Waals surface area (Å²) < 4.78 is 59.6. The predicted molar refractivity (Wildman–Crippen MR) is 138 cm³/mol. The van der Waals surface area contributed by atoms with E-state index in [0.29, 0.717) is 69.4 Å². The maximum atomic E-state index is 15.7. The van der Waals surface area contributed by atoms with Crippen LogP contribution in [0.3, 0.4) is 0 Å². The smallest absolute Gasteiger partial charge is 0.422 e. The highest BCUT2D eigenvalue weighted by atomic mass is 19.4. The Morgan fingerprint density at radius 3 is 2.67 bits per heavy atom. The van der Waals surface area contributed by atoms with Gasteiger partial charge in [-0.15, -0.1) is 0 Å². The predicted octanol–water partition coefficient (Wildman–Crippen LogP) is 4.85. The summed E-state index contributed by atoms with van der Waals surface area (Å²) in [5, 5.41) is 3.08. The van der Waals surface area contributed by atoms with Gasteiger partial charge in [0.05, 0.1) is 5.69 Å². The largest absolute Gasteiger partial charge is 0.468 e. The number of nitrogens with zero attached hydrogens (tertiary/aromatic N) is 4. The Labute approximate surface area is 224 Å². The first-order valence-corrected chi connectivity index (χ1v) is 13.4. The van der Waals surface area contributed by atoms with Crippen molar-refractivity contribution >= 4 is 11.6 Å². The lowest BCUT2D eigenvalue weighted by Gasteiger charge is -2.35. The van der Waals surface area contributed by atoms with Crippen LogP contribution in [-0.2, 0) is 12.8 Å². The van der Waals surface area contributed by atoms with Crippen LogP contribution in [-0.4, -0.2) is 69.3 Å². The third kappa shape index (κ3) is 6.87. The number of fused-ring (bicyclic) bond motifs is 2. The Morgan fingerprint density at radius 2 is 1.90 bits per heavy atom. The van der Waals surface area contributed by atoms with Crippen molar-refractivity contribution in [3.8, 4) is 5.88 Å². The number of carbonyl (C=O) groups is 1. The van der Waals surface area contributed by atoms with Gasteiger partial charge in [0.2, 0.25) is 5.88 Å². The number of carbonyl (C=O) groups excluding carboxylic acids is 1. The fraction of sp³-hybridized carbons (Fsp3) is 0.536. The van der Waals surface area contributed by atoms with Gasteiger partial charge in [-0.3, -0.25) is 9.20 Å². The summed E-state index contributed by atoms with van der Waals surface area (Å²) in [6.07, 6.45) is 1.05. The van der Waals surface area contributed by atoms with Crippen LogP contribution in [0.2, 0.25) is 0 Å². The fourth-order valence-electron chi connectivity index (χ4n) is 5.53. The van der Waals surface area contributed by atoms with Gasteiger partial charge >= 0.3 is 6.18 Å². The van der Waals surface area contributed by atoms with E-state index < -0.39 is 18.5 Å². The zero-order valence-electron chi connectivity index (χ0n) is 21.9. The van der Waals surface area contributed by atoms with Crippen LogP contribution >= 0.6 is 0 Å². The van der Waals surface area contributed by atoms with Crippen molar-refractivity contribution in [1.82, 2.24) is 24.6 Å². The second-order valence-electron chi connectivity index (χ2n) is 10.7. The van der Waals surface area contributed by atoms with E-state index in [2.05, 4.69) is 20.2 Å². The normalized spacial score (nSPS) is 22.3. The average molecular weight is 548 g/mol. The van der Waals surface area contributed by atoms with Gasteiger partial charge in [-0.1, -0.05) is 12.1 Å². The maximum Gasteiger partial charge on any atom is 0.422 e. The Hall–Kier alpha value is -3.21. The van der Waals surface area contributed by atoms with E-state index in [1.54, 1.807) is 16.5 Å². The molecule has 0 unspecified atom stereocenters. The molecule has 0 atom stereocenters. The lowest BCUT2D eigenvalue weighted by Crippen LogP contribution is -2.43. The van der Waals surface area contributed by atoms with Gasteiger partial charge in [0.25, 0.3) is 5.91 Å². The molecule has 1 saturated carbocycles. The van der Waals surface area contributed by atoms with E-state index in [-0.39, 0.29) is 17.8 Å². The minimum Gasteiger partial charge on any atom is -0.468 e. The third-order valence-electron chi connectivity index (χ3n) is 7.73. The Balaban J connectivity index is 1.09. The number of hydrogen-bond donors (Lipinski definition) is 1. The first-order valence-electron chi connectivity index (χ1n) is 13.4. The summed E-state index contributed by atoms with van der Waals surface area (Å²) in [7, 11) is 0. The van der Waals surface area contributed by atoms with Crippen LogP contribution in [0.4, 0.5) is 17.6 Å². The monoisotopic (exact) mass is 547 g/mol. The second kappa shape index (κ2) is 11.1. The van der Waals surface area contributed by atoms with E-state index in [9.17, 15) is 18.0 Å². The molecule has 5 rings (SSSR count). The molecular weight excluding hydrogens is 514 g/mol. The summed E-state index contributed by atoms with van der Waals surface area (Å²) in [6.45, 7) is 2.52. The standard InChI is InChI=1S/C28H33F4N5O2/c1-19-17-37-23(3-2-4-24(37)33-19)26(38)34-21-7-11-27(29,12-8-21)13-16-36-14-9-20-5-6-25(35-22(20)10-15-36)39-18-28(30,31)32/h2-6,17,21H,7-16,18H2,1H3,(H,34,38)/t21-,27+. The number of aryl methyl sites for hydroxylation is 1. The molecule has 210 valence electrons. The molecule has 0 bridgehead atoms. The van der Waals surface area contributed by atoms with Crippen LogP contribution in [0.5, 0.6) is 5.88 Å². The van der Waals surface area contributed by atoms with Gasteiger partial charge in [-0.25, -0.2) is 14.4 Å². The van der Waals surface area contributed by atoms with Gasteiger partial charge < -0.3 is 15.0 Å². The average Bonchev–Trinajstić information content (AvgIpc) is 3.16. The molecule has 1 N–H and O–H groups in total. The molecule has 0 aromatic carbocycles. The van der Waals surface area contributed by atoms with Crippen LogP contribution in [0.15, 0.2) is 36.5 Å². The van der Waals surface area contributed by atoms with E-state index in [1.165, 1.54) is 6.07 Å². The highest BCUT2D eigenvalue weighted by molar-refractivity contribution is 5.93. The minimum atomic E-state index is -4.41. The van der Waals surface area contributed by atoms with Crippen LogP contribution in [0, 0.1) is 6.92 Å². The third-order valence-corrected chi connectivity index (χ3v) is 7.73. The van der Waals surface area contributed by atoms with Gasteiger partial charge in [-0.05, 0) is 63.1 Å². The Bertz CT molecular complexity index is 1320. The number of rotatable bonds is 7. The first kappa shape index (κ1) is 27.4. The quantitative estimate of drug-likeness (QED) is 0.429. The Morgan fingerprint density at radius 1 is 1.13 bits per heavy atom. The van der Waals surface area contributed by atoms with Crippen molar-refractivity contribution in [3.05, 3.63) is 59.2 Å². The number of halogens is 4. The topological polar surface area (TPSA) is 71.8 Å². The highest BCUT2D eigenvalue weighted by Crippen LogP contribution is 2.35. The molecule has 3 aromatic heterocycles. The summed E-state index contributed by atoms with van der Waals surface area (Å²) in [5.74, 6) is -0.207. The molecule has 11 heteroatoms. The summed E-state index contributed by atoms with van der Waals surface area (Å²) in [5.41, 5.74) is 2.52. The van der Waals surface area contributed by atoms with E-state index >= 15 is 4.39 Å². The van der Waals surface area contributed by atoms with Crippen LogP contribution in [0.25, 0.3) is 5.65 Å². The molecule has 2 aliphatic rings. The minimum absolute atomic E-state index is 0.0251. The fourth-order valence-corrected chi connectivity index (χ4v) is 5.53. The molecule has 4 heterocycles. The van der Waals surface area contributed by atoms with Crippen molar-refractivity contribution in [3.63, 3.8) is 0 Å². The molecule has 0 spiro atoms. The molecule has 3 aromatic rings.